The quantitative estimate of drug-likeness (QED) is 0.0712. The van der Waals surface area contributed by atoms with Gasteiger partial charge in [-0.25, -0.2) is 0 Å². The molecule has 0 unspecified atom stereocenters. The van der Waals surface area contributed by atoms with Gasteiger partial charge in [0, 0.05) is 12.8 Å². The summed E-state index contributed by atoms with van der Waals surface area (Å²) in [5.41, 5.74) is 0. The van der Waals surface area contributed by atoms with E-state index in [0.29, 0.717) is 132 Å². The largest absolute Gasteiger partial charge is 0.463 e. The van der Waals surface area contributed by atoms with Gasteiger partial charge in [0.05, 0.1) is 119 Å². The molecule has 0 saturated carbocycles. The van der Waals surface area contributed by atoms with Crippen molar-refractivity contribution < 1.29 is 61.7 Å². The molecule has 45 heavy (non-hydrogen) atoms. The molecule has 0 saturated heterocycles. The van der Waals surface area contributed by atoms with E-state index in [1.54, 1.807) is 0 Å². The second-order valence-corrected chi connectivity index (χ2v) is 9.87. The van der Waals surface area contributed by atoms with Crippen molar-refractivity contribution in [3.63, 3.8) is 0 Å². The molecule has 268 valence electrons. The lowest BCUT2D eigenvalue weighted by molar-refractivity contribution is -0.146. The molecular formula is C32H62O13. The SMILES string of the molecule is CCCCCC(=O)OCCOCCOCCOCCOCCOCCOCCOCCOCCOCCOC(=O)CCCCC. The van der Waals surface area contributed by atoms with Crippen LogP contribution in [0.25, 0.3) is 0 Å². The van der Waals surface area contributed by atoms with Gasteiger partial charge in [0.15, 0.2) is 0 Å². The zero-order valence-corrected chi connectivity index (χ0v) is 28.1. The average molecular weight is 655 g/mol. The number of rotatable bonds is 38. The van der Waals surface area contributed by atoms with Crippen molar-refractivity contribution >= 4 is 11.9 Å². The first-order valence-electron chi connectivity index (χ1n) is 16.7. The number of hydrogen-bond donors (Lipinski definition) is 0. The summed E-state index contributed by atoms with van der Waals surface area (Å²) in [5, 5.41) is 0. The molecule has 0 spiro atoms. The average Bonchev–Trinajstić information content (AvgIpc) is 3.04. The maximum atomic E-state index is 11.4. The lowest BCUT2D eigenvalue weighted by atomic mass is 10.2. The van der Waals surface area contributed by atoms with Crippen molar-refractivity contribution in [2.75, 3.05) is 132 Å². The van der Waals surface area contributed by atoms with Crippen LogP contribution in [-0.4, -0.2) is 144 Å². The van der Waals surface area contributed by atoms with Crippen LogP contribution in [0.15, 0.2) is 0 Å². The maximum absolute atomic E-state index is 11.4. The number of carbonyl (C=O) groups excluding carboxylic acids is 2. The Morgan fingerprint density at radius 3 is 0.711 bits per heavy atom. The Kier molecular flexibility index (Phi) is 37.5. The molecule has 0 amide bonds. The number of unbranched alkanes of at least 4 members (excludes halogenated alkanes) is 4. The molecule has 0 aromatic carbocycles. The van der Waals surface area contributed by atoms with Crippen LogP contribution in [0.2, 0.25) is 0 Å². The number of esters is 2. The Morgan fingerprint density at radius 2 is 0.511 bits per heavy atom. The third kappa shape index (κ3) is 38.7. The predicted octanol–water partition coefficient (Wildman–Crippen LogP) is 3.38. The van der Waals surface area contributed by atoms with Gasteiger partial charge in [-0.15, -0.1) is 0 Å². The summed E-state index contributed by atoms with van der Waals surface area (Å²) in [5.74, 6) is -0.323. The van der Waals surface area contributed by atoms with E-state index in [4.69, 9.17) is 52.1 Å². The van der Waals surface area contributed by atoms with Crippen molar-refractivity contribution in [2.24, 2.45) is 0 Å². The van der Waals surface area contributed by atoms with Crippen molar-refractivity contribution in [3.8, 4) is 0 Å². The van der Waals surface area contributed by atoms with E-state index in [1.165, 1.54) is 0 Å². The van der Waals surface area contributed by atoms with Gasteiger partial charge in [0.25, 0.3) is 0 Å². The highest BCUT2D eigenvalue weighted by molar-refractivity contribution is 5.69. The van der Waals surface area contributed by atoms with Gasteiger partial charge < -0.3 is 52.1 Å². The van der Waals surface area contributed by atoms with Crippen LogP contribution in [0.1, 0.15) is 65.2 Å². The minimum Gasteiger partial charge on any atom is -0.463 e. The van der Waals surface area contributed by atoms with Gasteiger partial charge in [-0.3, -0.25) is 9.59 Å². The molecule has 0 atom stereocenters. The molecular weight excluding hydrogens is 592 g/mol. The fraction of sp³-hybridized carbons (Fsp3) is 0.938. The van der Waals surface area contributed by atoms with Crippen molar-refractivity contribution in [1.82, 2.24) is 0 Å². The van der Waals surface area contributed by atoms with Crippen LogP contribution in [0.5, 0.6) is 0 Å². The lowest BCUT2D eigenvalue weighted by Crippen LogP contribution is -2.15. The Morgan fingerprint density at radius 1 is 0.311 bits per heavy atom. The van der Waals surface area contributed by atoms with Crippen molar-refractivity contribution in [2.45, 2.75) is 65.2 Å². The van der Waals surface area contributed by atoms with E-state index in [-0.39, 0.29) is 25.2 Å². The summed E-state index contributed by atoms with van der Waals surface area (Å²) in [6, 6.07) is 0. The van der Waals surface area contributed by atoms with E-state index in [9.17, 15) is 9.59 Å². The van der Waals surface area contributed by atoms with Gasteiger partial charge in [-0.2, -0.15) is 0 Å². The van der Waals surface area contributed by atoms with Gasteiger partial charge in [0.2, 0.25) is 0 Å². The topological polar surface area (TPSA) is 136 Å². The molecule has 13 heteroatoms. The first-order chi connectivity index (χ1) is 22.2. The number of hydrogen-bond acceptors (Lipinski definition) is 13. The third-order valence-corrected chi connectivity index (χ3v) is 5.93. The Balaban J connectivity index is 3.10. The van der Waals surface area contributed by atoms with Gasteiger partial charge in [-0.05, 0) is 12.8 Å². The molecule has 0 aliphatic heterocycles. The van der Waals surface area contributed by atoms with Crippen LogP contribution >= 0.6 is 0 Å². The molecule has 0 aromatic heterocycles. The molecule has 0 bridgehead atoms. The molecule has 0 aliphatic carbocycles. The smallest absolute Gasteiger partial charge is 0.305 e. The molecule has 0 heterocycles. The number of ether oxygens (including phenoxy) is 11. The van der Waals surface area contributed by atoms with E-state index >= 15 is 0 Å². The first kappa shape index (κ1) is 43.6. The standard InChI is InChI=1S/C32H62O13/c1-3-5-7-9-31(33)44-29-27-42-25-23-40-21-19-38-17-15-36-13-11-35-12-14-37-16-18-39-20-22-41-24-26-43-28-30-45-32(34)10-8-6-4-2/h3-30H2,1-2H3. The predicted molar refractivity (Wildman–Crippen MR) is 168 cm³/mol. The number of carbonyl (C=O) groups is 2. The van der Waals surface area contributed by atoms with E-state index in [1.807, 2.05) is 0 Å². The zero-order valence-electron chi connectivity index (χ0n) is 28.1. The molecule has 0 radical (unpaired) electrons. The van der Waals surface area contributed by atoms with Crippen LogP contribution in [0, 0.1) is 0 Å². The molecule has 13 nitrogen and oxygen atoms in total. The Bertz CT molecular complexity index is 560. The minimum atomic E-state index is -0.162. The summed E-state index contributed by atoms with van der Waals surface area (Å²) < 4.78 is 59.1. The second kappa shape index (κ2) is 38.8. The van der Waals surface area contributed by atoms with E-state index in [2.05, 4.69) is 13.8 Å². The van der Waals surface area contributed by atoms with E-state index in [0.717, 1.165) is 38.5 Å². The minimum absolute atomic E-state index is 0.162. The summed E-state index contributed by atoms with van der Waals surface area (Å²) in [6.45, 7) is 13.2. The maximum Gasteiger partial charge on any atom is 0.305 e. The molecule has 0 aromatic rings. The van der Waals surface area contributed by atoms with E-state index < -0.39 is 0 Å². The van der Waals surface area contributed by atoms with Crippen LogP contribution in [0.3, 0.4) is 0 Å². The Labute approximate surface area is 271 Å². The van der Waals surface area contributed by atoms with Crippen LogP contribution in [-0.2, 0) is 61.7 Å². The highest BCUT2D eigenvalue weighted by Crippen LogP contribution is 2.01. The van der Waals surface area contributed by atoms with Crippen LogP contribution in [0.4, 0.5) is 0 Å². The monoisotopic (exact) mass is 654 g/mol. The summed E-state index contributed by atoms with van der Waals surface area (Å²) in [4.78, 5) is 22.9. The third-order valence-electron chi connectivity index (χ3n) is 5.93. The van der Waals surface area contributed by atoms with Crippen molar-refractivity contribution in [3.05, 3.63) is 0 Å². The van der Waals surface area contributed by atoms with Gasteiger partial charge in [-0.1, -0.05) is 39.5 Å². The van der Waals surface area contributed by atoms with Gasteiger partial charge >= 0.3 is 11.9 Å². The summed E-state index contributed by atoms with van der Waals surface area (Å²) in [6.07, 6.45) is 6.97. The highest BCUT2D eigenvalue weighted by Gasteiger charge is 2.03. The normalized spacial score (nSPS) is 11.2. The fourth-order valence-corrected chi connectivity index (χ4v) is 3.47. The Hall–Kier alpha value is -1.42. The van der Waals surface area contributed by atoms with Gasteiger partial charge in [0.1, 0.15) is 13.2 Å². The molecule has 0 rings (SSSR count). The lowest BCUT2D eigenvalue weighted by Gasteiger charge is -2.09. The summed E-state index contributed by atoms with van der Waals surface area (Å²) in [7, 11) is 0. The van der Waals surface area contributed by atoms with Crippen molar-refractivity contribution in [1.29, 1.82) is 0 Å². The van der Waals surface area contributed by atoms with Crippen LogP contribution < -0.4 is 0 Å². The second-order valence-electron chi connectivity index (χ2n) is 9.87. The zero-order chi connectivity index (χ0) is 32.7. The highest BCUT2D eigenvalue weighted by atomic mass is 16.6. The molecule has 0 N–H and O–H groups in total. The molecule has 0 aliphatic rings. The fourth-order valence-electron chi connectivity index (χ4n) is 3.47. The first-order valence-corrected chi connectivity index (χ1v) is 16.7. The molecule has 0 fully saturated rings. The summed E-state index contributed by atoms with van der Waals surface area (Å²) >= 11 is 0.